The Kier molecular flexibility index (Phi) is 6.57. The lowest BCUT2D eigenvalue weighted by molar-refractivity contribution is -0.156. The van der Waals surface area contributed by atoms with Gasteiger partial charge in [-0.05, 0) is 51.7 Å². The van der Waals surface area contributed by atoms with E-state index in [9.17, 15) is 9.59 Å². The third-order valence-corrected chi connectivity index (χ3v) is 3.07. The Balaban J connectivity index is 2.66. The topological polar surface area (TPSA) is 102 Å². The Hall–Kier alpha value is -2.08. The molecule has 0 fully saturated rings. The predicted octanol–water partition coefficient (Wildman–Crippen LogP) is 2.10. The van der Waals surface area contributed by atoms with E-state index in [1.807, 2.05) is 24.3 Å². The molecule has 0 unspecified atom stereocenters. The highest BCUT2D eigenvalue weighted by atomic mass is 16.6. The Morgan fingerprint density at radius 3 is 2.35 bits per heavy atom. The fourth-order valence-electron chi connectivity index (χ4n) is 2.21. The molecule has 0 saturated heterocycles. The molecule has 1 aromatic rings. The van der Waals surface area contributed by atoms with Crippen molar-refractivity contribution in [3.05, 3.63) is 35.4 Å². The van der Waals surface area contributed by atoms with Crippen molar-refractivity contribution in [2.45, 2.75) is 58.2 Å². The third-order valence-electron chi connectivity index (χ3n) is 3.07. The highest BCUT2D eigenvalue weighted by molar-refractivity contribution is 5.76. The van der Waals surface area contributed by atoms with Gasteiger partial charge in [0.25, 0.3) is 0 Å². The van der Waals surface area contributed by atoms with Crippen molar-refractivity contribution in [1.82, 2.24) is 5.32 Å². The van der Waals surface area contributed by atoms with Crippen LogP contribution in [0, 0.1) is 0 Å². The van der Waals surface area contributed by atoms with Gasteiger partial charge in [-0.25, -0.2) is 4.79 Å². The summed E-state index contributed by atoms with van der Waals surface area (Å²) in [6.45, 7) is 7.20. The minimum Gasteiger partial charge on any atom is -0.465 e. The SMILES string of the molecule is C[C@@H](Cc1cccc(C[C@H](N)C(=O)OC(C)(C)C)c1)NC(=O)O. The largest absolute Gasteiger partial charge is 0.465 e. The van der Waals surface area contributed by atoms with Gasteiger partial charge >= 0.3 is 12.1 Å². The number of esters is 1. The van der Waals surface area contributed by atoms with Crippen molar-refractivity contribution in [2.24, 2.45) is 5.73 Å². The van der Waals surface area contributed by atoms with Crippen LogP contribution in [0.5, 0.6) is 0 Å². The van der Waals surface area contributed by atoms with Gasteiger partial charge in [-0.3, -0.25) is 4.79 Å². The number of ether oxygens (including phenoxy) is 1. The van der Waals surface area contributed by atoms with Gasteiger partial charge in [0.2, 0.25) is 0 Å². The number of rotatable bonds is 6. The molecular formula is C17H26N2O4. The van der Waals surface area contributed by atoms with E-state index in [-0.39, 0.29) is 6.04 Å². The zero-order chi connectivity index (χ0) is 17.6. The van der Waals surface area contributed by atoms with Crippen LogP contribution in [-0.2, 0) is 22.4 Å². The van der Waals surface area contributed by atoms with Crippen LogP contribution >= 0.6 is 0 Å². The molecule has 1 aromatic carbocycles. The number of carbonyl (C=O) groups is 2. The minimum absolute atomic E-state index is 0.192. The zero-order valence-electron chi connectivity index (χ0n) is 14.1. The molecule has 6 heteroatoms. The van der Waals surface area contributed by atoms with E-state index in [1.165, 1.54) is 0 Å². The fraction of sp³-hybridized carbons (Fsp3) is 0.529. The second-order valence-corrected chi connectivity index (χ2v) is 6.72. The van der Waals surface area contributed by atoms with Crippen molar-refractivity contribution < 1.29 is 19.4 Å². The highest BCUT2D eigenvalue weighted by Gasteiger charge is 2.22. The second-order valence-electron chi connectivity index (χ2n) is 6.72. The molecule has 0 aliphatic rings. The van der Waals surface area contributed by atoms with Crippen LogP contribution in [0.2, 0.25) is 0 Å². The molecule has 0 aromatic heterocycles. The van der Waals surface area contributed by atoms with Crippen LogP contribution in [0.4, 0.5) is 4.79 Å². The summed E-state index contributed by atoms with van der Waals surface area (Å²) < 4.78 is 5.27. The summed E-state index contributed by atoms with van der Waals surface area (Å²) in [5.41, 5.74) is 7.25. The number of hydrogen-bond donors (Lipinski definition) is 3. The molecule has 0 bridgehead atoms. The minimum atomic E-state index is -1.04. The van der Waals surface area contributed by atoms with Crippen molar-refractivity contribution in [3.63, 3.8) is 0 Å². The summed E-state index contributed by atoms with van der Waals surface area (Å²) >= 11 is 0. The van der Waals surface area contributed by atoms with E-state index < -0.39 is 23.7 Å². The molecule has 2 atom stereocenters. The molecule has 0 radical (unpaired) electrons. The van der Waals surface area contributed by atoms with E-state index in [2.05, 4.69) is 5.32 Å². The number of hydrogen-bond acceptors (Lipinski definition) is 4. The van der Waals surface area contributed by atoms with Crippen LogP contribution in [0.3, 0.4) is 0 Å². The van der Waals surface area contributed by atoms with Crippen LogP contribution < -0.4 is 11.1 Å². The van der Waals surface area contributed by atoms with Crippen LogP contribution in [0.25, 0.3) is 0 Å². The molecule has 128 valence electrons. The van der Waals surface area contributed by atoms with Crippen molar-refractivity contribution in [1.29, 1.82) is 0 Å². The Morgan fingerprint density at radius 2 is 1.83 bits per heavy atom. The summed E-state index contributed by atoms with van der Waals surface area (Å²) in [4.78, 5) is 22.5. The molecule has 6 nitrogen and oxygen atoms in total. The van der Waals surface area contributed by atoms with Crippen LogP contribution in [0.1, 0.15) is 38.8 Å². The fourth-order valence-corrected chi connectivity index (χ4v) is 2.21. The Bertz CT molecular complexity index is 552. The first-order chi connectivity index (χ1) is 10.6. The quantitative estimate of drug-likeness (QED) is 0.696. The molecule has 4 N–H and O–H groups in total. The molecular weight excluding hydrogens is 296 g/mol. The smallest absolute Gasteiger partial charge is 0.404 e. The number of carbonyl (C=O) groups excluding carboxylic acids is 1. The molecule has 0 aliphatic carbocycles. The third kappa shape index (κ3) is 7.65. The number of amides is 1. The molecule has 0 saturated carbocycles. The van der Waals surface area contributed by atoms with Gasteiger partial charge in [0.05, 0.1) is 0 Å². The lowest BCUT2D eigenvalue weighted by Gasteiger charge is -2.22. The van der Waals surface area contributed by atoms with Gasteiger partial charge < -0.3 is 20.9 Å². The van der Waals surface area contributed by atoms with Gasteiger partial charge in [0.1, 0.15) is 11.6 Å². The summed E-state index contributed by atoms with van der Waals surface area (Å²) in [7, 11) is 0. The number of nitrogens with two attached hydrogens (primary N) is 1. The van der Waals surface area contributed by atoms with Gasteiger partial charge in [-0.15, -0.1) is 0 Å². The zero-order valence-corrected chi connectivity index (χ0v) is 14.1. The maximum absolute atomic E-state index is 11.9. The van der Waals surface area contributed by atoms with E-state index in [0.29, 0.717) is 12.8 Å². The maximum atomic E-state index is 11.9. The number of carboxylic acid groups (broad SMARTS) is 1. The molecule has 1 rings (SSSR count). The summed E-state index contributed by atoms with van der Waals surface area (Å²) in [6.07, 6.45) is -0.0914. The molecule has 0 spiro atoms. The predicted molar refractivity (Wildman–Crippen MR) is 88.3 cm³/mol. The van der Waals surface area contributed by atoms with E-state index in [1.54, 1.807) is 27.7 Å². The average Bonchev–Trinajstić information content (AvgIpc) is 2.35. The first-order valence-corrected chi connectivity index (χ1v) is 7.62. The Labute approximate surface area is 137 Å². The van der Waals surface area contributed by atoms with Crippen molar-refractivity contribution in [3.8, 4) is 0 Å². The maximum Gasteiger partial charge on any atom is 0.404 e. The van der Waals surface area contributed by atoms with E-state index in [4.69, 9.17) is 15.6 Å². The van der Waals surface area contributed by atoms with Gasteiger partial charge in [-0.2, -0.15) is 0 Å². The molecule has 0 heterocycles. The Morgan fingerprint density at radius 1 is 1.26 bits per heavy atom. The first kappa shape index (κ1) is 19.0. The second kappa shape index (κ2) is 7.97. The van der Waals surface area contributed by atoms with Crippen LogP contribution in [0.15, 0.2) is 24.3 Å². The number of benzene rings is 1. The highest BCUT2D eigenvalue weighted by Crippen LogP contribution is 2.12. The summed E-state index contributed by atoms with van der Waals surface area (Å²) in [5, 5.41) is 11.1. The van der Waals surface area contributed by atoms with Crippen molar-refractivity contribution >= 4 is 12.1 Å². The number of nitrogens with one attached hydrogen (secondary N) is 1. The van der Waals surface area contributed by atoms with Crippen LogP contribution in [-0.4, -0.2) is 34.9 Å². The lowest BCUT2D eigenvalue weighted by atomic mass is 10.0. The normalized spacial score (nSPS) is 14.0. The average molecular weight is 322 g/mol. The van der Waals surface area contributed by atoms with Gasteiger partial charge in [0.15, 0.2) is 0 Å². The summed E-state index contributed by atoms with van der Waals surface area (Å²) in [5.74, 6) is -0.427. The van der Waals surface area contributed by atoms with Gasteiger partial charge in [0, 0.05) is 6.04 Å². The molecule has 1 amide bonds. The lowest BCUT2D eigenvalue weighted by Crippen LogP contribution is -2.38. The monoisotopic (exact) mass is 322 g/mol. The van der Waals surface area contributed by atoms with E-state index in [0.717, 1.165) is 11.1 Å². The first-order valence-electron chi connectivity index (χ1n) is 7.62. The van der Waals surface area contributed by atoms with Gasteiger partial charge in [-0.1, -0.05) is 24.3 Å². The molecule has 23 heavy (non-hydrogen) atoms. The summed E-state index contributed by atoms with van der Waals surface area (Å²) in [6, 6.07) is 6.71. The van der Waals surface area contributed by atoms with Crippen molar-refractivity contribution in [2.75, 3.05) is 0 Å². The van der Waals surface area contributed by atoms with E-state index >= 15 is 0 Å². The molecule has 0 aliphatic heterocycles. The standard InChI is InChI=1S/C17H26N2O4/c1-11(19-16(21)22)8-12-6-5-7-13(9-12)10-14(18)15(20)23-17(2,3)4/h5-7,9,11,14,19H,8,10,18H2,1-4H3,(H,21,22)/t11-,14-/m0/s1.